The number of Topliss-reactive ketones (excluding diaryl/α,β-unsaturated/α-hetero) is 1. The molecule has 0 saturated heterocycles. The summed E-state index contributed by atoms with van der Waals surface area (Å²) in [7, 11) is -3.82. The first-order valence-electron chi connectivity index (χ1n) is 13.9. The van der Waals surface area contributed by atoms with E-state index >= 15 is 0 Å². The van der Waals surface area contributed by atoms with Gasteiger partial charge in [-0.05, 0) is 67.4 Å². The molecule has 3 saturated carbocycles. The van der Waals surface area contributed by atoms with E-state index in [2.05, 4.69) is 79.6 Å². The van der Waals surface area contributed by atoms with Crippen LogP contribution in [0.15, 0.2) is 0 Å². The Bertz CT molecular complexity index is 787. The van der Waals surface area contributed by atoms with Crippen LogP contribution in [-0.2, 0) is 13.6 Å². The molecule has 3 aliphatic carbocycles. The summed E-state index contributed by atoms with van der Waals surface area (Å²) >= 11 is 0. The first-order valence-corrected chi connectivity index (χ1v) is 19.7. The number of carbonyl (C=O) groups is 1. The van der Waals surface area contributed by atoms with Gasteiger partial charge in [0.1, 0.15) is 11.9 Å². The second-order valence-electron chi connectivity index (χ2n) is 14.5. The van der Waals surface area contributed by atoms with Crippen molar-refractivity contribution in [1.82, 2.24) is 0 Å². The molecule has 0 aromatic rings. The van der Waals surface area contributed by atoms with E-state index in [0.717, 1.165) is 25.2 Å². The molecule has 5 heteroatoms. The molecular formula is C29H52O3Si2. The van der Waals surface area contributed by atoms with Crippen molar-refractivity contribution in [3.8, 4) is 11.8 Å². The molecule has 5 atom stereocenters. The van der Waals surface area contributed by atoms with Gasteiger partial charge in [-0.1, -0.05) is 79.1 Å². The van der Waals surface area contributed by atoms with Crippen molar-refractivity contribution >= 4 is 22.4 Å². The summed E-state index contributed by atoms with van der Waals surface area (Å²) in [5, 5.41) is 0.348. The number of hydrogen-bond acceptors (Lipinski definition) is 3. The van der Waals surface area contributed by atoms with Gasteiger partial charge in [0.15, 0.2) is 16.6 Å². The minimum Gasteiger partial charge on any atom is -0.413 e. The van der Waals surface area contributed by atoms with Crippen molar-refractivity contribution in [1.29, 1.82) is 0 Å². The van der Waals surface area contributed by atoms with Crippen molar-refractivity contribution < 1.29 is 13.6 Å². The van der Waals surface area contributed by atoms with Gasteiger partial charge < -0.3 is 8.85 Å². The Balaban J connectivity index is 1.85. The third-order valence-electron chi connectivity index (χ3n) is 9.92. The molecule has 3 nitrogen and oxygen atoms in total. The van der Waals surface area contributed by atoms with Crippen LogP contribution in [-0.4, -0.2) is 34.6 Å². The summed E-state index contributed by atoms with van der Waals surface area (Å²) in [4.78, 5) is 12.3. The van der Waals surface area contributed by atoms with Gasteiger partial charge in [-0.3, -0.25) is 4.79 Å². The molecule has 0 aromatic heterocycles. The molecule has 0 radical (unpaired) electrons. The fraction of sp³-hybridized carbons (Fsp3) is 0.897. The van der Waals surface area contributed by atoms with Crippen LogP contribution in [0.1, 0.15) is 92.9 Å². The lowest BCUT2D eigenvalue weighted by atomic mass is 9.59. The average Bonchev–Trinajstić information content (AvgIpc) is 3.17. The third kappa shape index (κ3) is 6.28. The van der Waals surface area contributed by atoms with Crippen molar-refractivity contribution in [3.63, 3.8) is 0 Å². The van der Waals surface area contributed by atoms with E-state index < -0.39 is 16.6 Å². The van der Waals surface area contributed by atoms with Crippen LogP contribution in [0.3, 0.4) is 0 Å². The van der Waals surface area contributed by atoms with E-state index in [1.807, 2.05) is 0 Å². The maximum atomic E-state index is 12.3. The zero-order chi connectivity index (χ0) is 25.5. The molecule has 3 aliphatic rings. The Kier molecular flexibility index (Phi) is 8.41. The largest absolute Gasteiger partial charge is 0.413 e. The Morgan fingerprint density at radius 3 is 2.03 bits per heavy atom. The zero-order valence-electron chi connectivity index (χ0n) is 23.8. The molecular weight excluding hydrogens is 452 g/mol. The highest BCUT2D eigenvalue weighted by atomic mass is 28.4. The van der Waals surface area contributed by atoms with Crippen molar-refractivity contribution in [2.45, 2.75) is 141 Å². The minimum atomic E-state index is -1.92. The van der Waals surface area contributed by atoms with Crippen LogP contribution in [0.4, 0.5) is 0 Å². The summed E-state index contributed by atoms with van der Waals surface area (Å²) < 4.78 is 13.9. The quantitative estimate of drug-likeness (QED) is 0.272. The molecule has 3 fully saturated rings. The van der Waals surface area contributed by atoms with Crippen LogP contribution >= 0.6 is 0 Å². The highest BCUT2D eigenvalue weighted by molar-refractivity contribution is 6.74. The van der Waals surface area contributed by atoms with E-state index in [4.69, 9.17) is 8.85 Å². The van der Waals surface area contributed by atoms with Gasteiger partial charge in [0.25, 0.3) is 0 Å². The maximum absolute atomic E-state index is 12.3. The molecule has 0 bridgehead atoms. The lowest BCUT2D eigenvalue weighted by Gasteiger charge is -2.49. The number of rotatable bonds is 6. The van der Waals surface area contributed by atoms with E-state index in [0.29, 0.717) is 18.1 Å². The first-order chi connectivity index (χ1) is 15.5. The lowest BCUT2D eigenvalue weighted by molar-refractivity contribution is -0.141. The predicted molar refractivity (Wildman–Crippen MR) is 148 cm³/mol. The summed E-state index contributed by atoms with van der Waals surface area (Å²) in [5.74, 6) is 9.37. The minimum absolute atomic E-state index is 0.00803. The van der Waals surface area contributed by atoms with E-state index in [-0.39, 0.29) is 34.1 Å². The second kappa shape index (κ2) is 10.2. The van der Waals surface area contributed by atoms with Crippen LogP contribution in [0.25, 0.3) is 0 Å². The van der Waals surface area contributed by atoms with E-state index in [1.54, 1.807) is 0 Å². The summed E-state index contributed by atoms with van der Waals surface area (Å²) in [6.45, 7) is 23.3. The standard InChI is InChI=1S/C29H52O3Si2/c1-28(2,3)33(7,8)31-22(19-21-13-11-12-14-21)15-16-24-25-20-26(30)23(25)17-18-27(24)32-34(9,10)29(4,5)6/h21-25,27H,11-14,17-20H2,1-10H3/t22-,23-,24+,25-,27+/m1/s1. The van der Waals surface area contributed by atoms with Crippen LogP contribution in [0.2, 0.25) is 36.3 Å². The summed E-state index contributed by atoms with van der Waals surface area (Å²) in [6.07, 6.45) is 9.20. The fourth-order valence-electron chi connectivity index (χ4n) is 5.45. The van der Waals surface area contributed by atoms with E-state index in [1.165, 1.54) is 25.7 Å². The molecule has 34 heavy (non-hydrogen) atoms. The molecule has 0 aliphatic heterocycles. The summed E-state index contributed by atoms with van der Waals surface area (Å²) in [6, 6.07) is 0. The number of fused-ring (bicyclic) bond motifs is 1. The van der Waals surface area contributed by atoms with Crippen LogP contribution < -0.4 is 0 Å². The molecule has 0 unspecified atom stereocenters. The highest BCUT2D eigenvalue weighted by Crippen LogP contribution is 2.49. The van der Waals surface area contributed by atoms with Gasteiger partial charge in [0, 0.05) is 18.3 Å². The topological polar surface area (TPSA) is 35.5 Å². The summed E-state index contributed by atoms with van der Waals surface area (Å²) in [5.41, 5.74) is 0. The Morgan fingerprint density at radius 2 is 1.50 bits per heavy atom. The van der Waals surface area contributed by atoms with Gasteiger partial charge >= 0.3 is 0 Å². The Hall–Kier alpha value is -0.416. The average molecular weight is 505 g/mol. The van der Waals surface area contributed by atoms with Gasteiger partial charge in [0.05, 0.1) is 6.10 Å². The molecule has 0 amide bonds. The van der Waals surface area contributed by atoms with E-state index in [9.17, 15) is 4.79 Å². The normalized spacial score (nSPS) is 29.8. The van der Waals surface area contributed by atoms with Gasteiger partial charge in [-0.25, -0.2) is 0 Å². The molecule has 3 rings (SSSR count). The predicted octanol–water partition coefficient (Wildman–Crippen LogP) is 7.97. The van der Waals surface area contributed by atoms with Crippen molar-refractivity contribution in [3.05, 3.63) is 0 Å². The van der Waals surface area contributed by atoms with Gasteiger partial charge in [-0.2, -0.15) is 0 Å². The Morgan fingerprint density at radius 1 is 0.912 bits per heavy atom. The zero-order valence-corrected chi connectivity index (χ0v) is 25.8. The SMILES string of the molecule is CC(C)(C)[Si](C)(C)O[C@H](C#C[C@H]1[C@@H]2CC(=O)[C@@H]2CC[C@@H]1O[Si](C)(C)C(C)(C)C)CC1CCCC1. The maximum Gasteiger partial charge on any atom is 0.193 e. The van der Waals surface area contributed by atoms with Crippen LogP contribution in [0.5, 0.6) is 0 Å². The number of hydrogen-bond donors (Lipinski definition) is 0. The number of ketones is 1. The van der Waals surface area contributed by atoms with Crippen molar-refractivity contribution in [2.24, 2.45) is 23.7 Å². The molecule has 0 N–H and O–H groups in total. The lowest BCUT2D eigenvalue weighted by Crippen LogP contribution is -2.53. The monoisotopic (exact) mass is 504 g/mol. The second-order valence-corrected chi connectivity index (χ2v) is 24.0. The van der Waals surface area contributed by atoms with Crippen LogP contribution in [0, 0.1) is 35.5 Å². The Labute approximate surface area is 212 Å². The molecule has 0 aromatic carbocycles. The third-order valence-corrected chi connectivity index (χ3v) is 18.9. The molecule has 0 spiro atoms. The number of carbonyl (C=O) groups excluding carboxylic acids is 1. The van der Waals surface area contributed by atoms with Crippen molar-refractivity contribution in [2.75, 3.05) is 0 Å². The van der Waals surface area contributed by atoms with Gasteiger partial charge in [-0.15, -0.1) is 0 Å². The van der Waals surface area contributed by atoms with Gasteiger partial charge in [0.2, 0.25) is 0 Å². The molecule has 194 valence electrons. The highest BCUT2D eigenvalue weighted by Gasteiger charge is 2.52. The molecule has 0 heterocycles. The first kappa shape index (κ1) is 28.2. The fourth-order valence-corrected chi connectivity index (χ4v) is 8.04. The smallest absolute Gasteiger partial charge is 0.193 e.